The summed E-state index contributed by atoms with van der Waals surface area (Å²) in [6.45, 7) is 3.31. The number of carbonyl (C=O) groups is 2. The SMILES string of the molecule is CC(C)N(CC(=O)Nc1cc(-c2ccccc2)nn1-c1ccc(F)cc1)C(=O)c1cccc(F)c1. The average molecular weight is 475 g/mol. The zero-order chi connectivity index (χ0) is 24.9. The van der Waals surface area contributed by atoms with Gasteiger partial charge in [-0.3, -0.25) is 9.59 Å². The summed E-state index contributed by atoms with van der Waals surface area (Å²) in [5.74, 6) is -1.46. The molecule has 0 atom stereocenters. The van der Waals surface area contributed by atoms with Crippen molar-refractivity contribution < 1.29 is 18.4 Å². The number of hydrogen-bond acceptors (Lipinski definition) is 3. The first-order chi connectivity index (χ1) is 16.8. The van der Waals surface area contributed by atoms with Gasteiger partial charge >= 0.3 is 0 Å². The number of benzene rings is 3. The summed E-state index contributed by atoms with van der Waals surface area (Å²) in [4.78, 5) is 27.4. The van der Waals surface area contributed by atoms with Gasteiger partial charge in [-0.1, -0.05) is 36.4 Å². The number of aromatic nitrogens is 2. The van der Waals surface area contributed by atoms with E-state index < -0.39 is 23.4 Å². The van der Waals surface area contributed by atoms with E-state index in [4.69, 9.17) is 0 Å². The number of nitrogens with zero attached hydrogens (tertiary/aromatic N) is 3. The summed E-state index contributed by atoms with van der Waals surface area (Å²) in [6.07, 6.45) is 0. The van der Waals surface area contributed by atoms with Gasteiger partial charge in [-0.05, 0) is 56.3 Å². The van der Waals surface area contributed by atoms with Crippen molar-refractivity contribution >= 4 is 17.6 Å². The van der Waals surface area contributed by atoms with Gasteiger partial charge in [-0.25, -0.2) is 13.5 Å². The number of rotatable bonds is 7. The third-order valence-corrected chi connectivity index (χ3v) is 5.39. The molecule has 6 nitrogen and oxygen atoms in total. The van der Waals surface area contributed by atoms with Crippen LogP contribution < -0.4 is 5.32 Å². The molecule has 0 aliphatic carbocycles. The summed E-state index contributed by atoms with van der Waals surface area (Å²) >= 11 is 0. The van der Waals surface area contributed by atoms with E-state index >= 15 is 0 Å². The summed E-state index contributed by atoms with van der Waals surface area (Å²) in [5.41, 5.74) is 2.17. The van der Waals surface area contributed by atoms with Crippen molar-refractivity contribution in [1.29, 1.82) is 0 Å². The Morgan fingerprint density at radius 2 is 1.63 bits per heavy atom. The average Bonchev–Trinajstić information content (AvgIpc) is 3.26. The van der Waals surface area contributed by atoms with E-state index in [0.29, 0.717) is 17.2 Å². The van der Waals surface area contributed by atoms with E-state index in [1.807, 2.05) is 30.3 Å². The molecule has 0 bridgehead atoms. The van der Waals surface area contributed by atoms with Crippen LogP contribution in [0.25, 0.3) is 16.9 Å². The zero-order valence-corrected chi connectivity index (χ0v) is 19.3. The lowest BCUT2D eigenvalue weighted by Crippen LogP contribution is -2.42. The molecule has 1 aromatic heterocycles. The van der Waals surface area contributed by atoms with Gasteiger partial charge < -0.3 is 10.2 Å². The Labute approximate surface area is 201 Å². The predicted octanol–water partition coefficient (Wildman–Crippen LogP) is 5.31. The highest BCUT2D eigenvalue weighted by Gasteiger charge is 2.23. The fourth-order valence-electron chi connectivity index (χ4n) is 3.61. The molecule has 3 aromatic carbocycles. The van der Waals surface area contributed by atoms with Gasteiger partial charge in [0.15, 0.2) is 0 Å². The Hall–Kier alpha value is -4.33. The Balaban J connectivity index is 1.61. The molecule has 4 aromatic rings. The minimum absolute atomic E-state index is 0.161. The Bertz CT molecular complexity index is 1340. The highest BCUT2D eigenvalue weighted by atomic mass is 19.1. The molecule has 0 fully saturated rings. The molecular weight excluding hydrogens is 450 g/mol. The number of carbonyl (C=O) groups excluding carboxylic acids is 2. The van der Waals surface area contributed by atoms with Crippen LogP contribution in [-0.4, -0.2) is 39.1 Å². The summed E-state index contributed by atoms with van der Waals surface area (Å²) in [7, 11) is 0. The smallest absolute Gasteiger partial charge is 0.254 e. The summed E-state index contributed by atoms with van der Waals surface area (Å²) in [5, 5.41) is 7.41. The highest BCUT2D eigenvalue weighted by molar-refractivity contribution is 5.99. The largest absolute Gasteiger partial charge is 0.327 e. The van der Waals surface area contributed by atoms with E-state index in [1.165, 1.54) is 39.9 Å². The Morgan fingerprint density at radius 3 is 2.29 bits per heavy atom. The van der Waals surface area contributed by atoms with Crippen molar-refractivity contribution in [3.63, 3.8) is 0 Å². The fourth-order valence-corrected chi connectivity index (χ4v) is 3.61. The molecule has 0 saturated heterocycles. The van der Waals surface area contributed by atoms with Crippen LogP contribution >= 0.6 is 0 Å². The van der Waals surface area contributed by atoms with Crippen LogP contribution in [0, 0.1) is 11.6 Å². The molecule has 8 heteroatoms. The van der Waals surface area contributed by atoms with Crippen LogP contribution in [0.2, 0.25) is 0 Å². The molecule has 0 aliphatic heterocycles. The van der Waals surface area contributed by atoms with Crippen LogP contribution in [-0.2, 0) is 4.79 Å². The number of nitrogens with one attached hydrogen (secondary N) is 1. The number of anilines is 1. The van der Waals surface area contributed by atoms with Crippen molar-refractivity contribution in [2.24, 2.45) is 0 Å². The summed E-state index contributed by atoms with van der Waals surface area (Å²) < 4.78 is 28.6. The molecular formula is C27H24F2N4O2. The summed E-state index contributed by atoms with van der Waals surface area (Å²) in [6, 6.07) is 21.9. The quantitative estimate of drug-likeness (QED) is 0.395. The molecule has 1 N–H and O–H groups in total. The van der Waals surface area contributed by atoms with Crippen molar-refractivity contribution in [3.8, 4) is 16.9 Å². The van der Waals surface area contributed by atoms with Crippen LogP contribution in [0.3, 0.4) is 0 Å². The highest BCUT2D eigenvalue weighted by Crippen LogP contribution is 2.25. The van der Waals surface area contributed by atoms with Gasteiger partial charge in [0.2, 0.25) is 5.91 Å². The van der Waals surface area contributed by atoms with Gasteiger partial charge in [0.05, 0.1) is 11.4 Å². The second-order valence-corrected chi connectivity index (χ2v) is 8.25. The molecule has 178 valence electrons. The second-order valence-electron chi connectivity index (χ2n) is 8.25. The van der Waals surface area contributed by atoms with E-state index in [2.05, 4.69) is 10.4 Å². The second kappa shape index (κ2) is 10.3. The third kappa shape index (κ3) is 5.60. The maximum absolute atomic E-state index is 13.6. The molecule has 0 aliphatic rings. The Morgan fingerprint density at radius 1 is 0.914 bits per heavy atom. The maximum atomic E-state index is 13.6. The van der Waals surface area contributed by atoms with Crippen LogP contribution in [0.4, 0.5) is 14.6 Å². The minimum Gasteiger partial charge on any atom is -0.327 e. The van der Waals surface area contributed by atoms with Gasteiger partial charge in [0.25, 0.3) is 5.91 Å². The zero-order valence-electron chi connectivity index (χ0n) is 19.3. The van der Waals surface area contributed by atoms with Gasteiger partial charge in [0.1, 0.15) is 24.0 Å². The standard InChI is InChI=1S/C27H24F2N4O2/c1-18(2)32(27(35)20-9-6-10-22(29)15-20)17-26(34)30-25-16-24(19-7-4-3-5-8-19)31-33(25)23-13-11-21(28)12-14-23/h3-16,18H,17H2,1-2H3,(H,30,34). The molecule has 35 heavy (non-hydrogen) atoms. The maximum Gasteiger partial charge on any atom is 0.254 e. The van der Waals surface area contributed by atoms with E-state index in [-0.39, 0.29) is 18.2 Å². The fraction of sp³-hybridized carbons (Fsp3) is 0.148. The predicted molar refractivity (Wildman–Crippen MR) is 130 cm³/mol. The lowest BCUT2D eigenvalue weighted by atomic mass is 10.1. The topological polar surface area (TPSA) is 67.2 Å². The van der Waals surface area contributed by atoms with E-state index in [9.17, 15) is 18.4 Å². The number of amides is 2. The van der Waals surface area contributed by atoms with Gasteiger partial charge in [-0.2, -0.15) is 5.10 Å². The van der Waals surface area contributed by atoms with Crippen molar-refractivity contribution in [3.05, 3.63) is 102 Å². The molecule has 1 heterocycles. The third-order valence-electron chi connectivity index (χ3n) is 5.39. The van der Waals surface area contributed by atoms with Gasteiger partial charge in [-0.15, -0.1) is 0 Å². The lowest BCUT2D eigenvalue weighted by molar-refractivity contribution is -0.117. The number of hydrogen-bond donors (Lipinski definition) is 1. The van der Waals surface area contributed by atoms with Crippen LogP contribution in [0.5, 0.6) is 0 Å². The first-order valence-electron chi connectivity index (χ1n) is 11.1. The number of halogens is 2. The monoisotopic (exact) mass is 474 g/mol. The molecule has 4 rings (SSSR count). The van der Waals surface area contributed by atoms with E-state index in [0.717, 1.165) is 11.6 Å². The minimum atomic E-state index is -0.527. The van der Waals surface area contributed by atoms with Crippen LogP contribution in [0.15, 0.2) is 84.9 Å². The normalized spacial score (nSPS) is 10.9. The first kappa shape index (κ1) is 23.8. The van der Waals surface area contributed by atoms with Gasteiger partial charge in [0, 0.05) is 23.2 Å². The first-order valence-corrected chi connectivity index (χ1v) is 11.1. The molecule has 0 radical (unpaired) electrons. The molecule has 0 saturated carbocycles. The van der Waals surface area contributed by atoms with E-state index in [1.54, 1.807) is 32.0 Å². The van der Waals surface area contributed by atoms with Crippen molar-refractivity contribution in [1.82, 2.24) is 14.7 Å². The van der Waals surface area contributed by atoms with Crippen molar-refractivity contribution in [2.45, 2.75) is 19.9 Å². The van der Waals surface area contributed by atoms with Crippen LogP contribution in [0.1, 0.15) is 24.2 Å². The molecule has 0 unspecified atom stereocenters. The molecule has 2 amide bonds. The molecule has 0 spiro atoms. The lowest BCUT2D eigenvalue weighted by Gasteiger charge is -2.26. The van der Waals surface area contributed by atoms with Crippen molar-refractivity contribution in [2.75, 3.05) is 11.9 Å². The Kier molecular flexibility index (Phi) is 7.01.